The first-order chi connectivity index (χ1) is 13.6. The Balaban J connectivity index is 1.87. The van der Waals surface area contributed by atoms with Crippen molar-refractivity contribution >= 4 is 32.7 Å². The summed E-state index contributed by atoms with van der Waals surface area (Å²) in [5, 5.41) is 2.82. The molecule has 138 valence electrons. The Labute approximate surface area is 161 Å². The van der Waals surface area contributed by atoms with Crippen molar-refractivity contribution < 1.29 is 4.74 Å². The zero-order valence-electron chi connectivity index (χ0n) is 15.9. The van der Waals surface area contributed by atoms with E-state index in [2.05, 4.69) is 29.9 Å². The van der Waals surface area contributed by atoms with Gasteiger partial charge in [-0.25, -0.2) is 4.98 Å². The highest BCUT2D eigenvalue weighted by atomic mass is 16.5. The molecule has 28 heavy (non-hydrogen) atoms. The molecule has 0 aliphatic carbocycles. The number of H-pyrrole nitrogens is 2. The number of para-hydroxylation sites is 1. The maximum atomic E-state index is 12.6. The molecule has 0 unspecified atom stereocenters. The molecule has 0 fully saturated rings. The number of aromatic nitrogens is 3. The second-order valence-corrected chi connectivity index (χ2v) is 7.08. The minimum atomic E-state index is -0.127. The number of benzene rings is 3. The van der Waals surface area contributed by atoms with Crippen LogP contribution in [0.15, 0.2) is 53.3 Å². The highest BCUT2D eigenvalue weighted by molar-refractivity contribution is 6.12. The van der Waals surface area contributed by atoms with Gasteiger partial charge in [-0.05, 0) is 61.4 Å². The topological polar surface area (TPSA) is 70.8 Å². The lowest BCUT2D eigenvalue weighted by atomic mass is 9.98. The van der Waals surface area contributed by atoms with E-state index in [9.17, 15) is 4.79 Å². The Hall–Kier alpha value is -3.60. The molecule has 2 aromatic heterocycles. The van der Waals surface area contributed by atoms with Crippen LogP contribution in [0.25, 0.3) is 44.1 Å². The van der Waals surface area contributed by atoms with Gasteiger partial charge in [0.25, 0.3) is 5.56 Å². The smallest absolute Gasteiger partial charge is 0.259 e. The summed E-state index contributed by atoms with van der Waals surface area (Å²) >= 11 is 0. The van der Waals surface area contributed by atoms with Crippen LogP contribution in [0.1, 0.15) is 11.1 Å². The Morgan fingerprint density at radius 1 is 0.964 bits per heavy atom. The van der Waals surface area contributed by atoms with Crippen molar-refractivity contribution in [1.82, 2.24) is 15.0 Å². The SMILES string of the molecule is COc1ccc2[nH]c3c(C)cc(-c4nc5ccccc5c(=O)[nH]4)c(C)c3c2c1. The summed E-state index contributed by atoms with van der Waals surface area (Å²) in [5.74, 6) is 1.40. The molecule has 0 radical (unpaired) electrons. The van der Waals surface area contributed by atoms with E-state index in [0.717, 1.165) is 44.2 Å². The molecule has 3 aromatic carbocycles. The van der Waals surface area contributed by atoms with Gasteiger partial charge in [-0.2, -0.15) is 0 Å². The van der Waals surface area contributed by atoms with Gasteiger partial charge in [-0.1, -0.05) is 12.1 Å². The van der Waals surface area contributed by atoms with Crippen LogP contribution in [-0.4, -0.2) is 22.1 Å². The van der Waals surface area contributed by atoms with Crippen LogP contribution in [-0.2, 0) is 0 Å². The van der Waals surface area contributed by atoms with Gasteiger partial charge in [0, 0.05) is 27.4 Å². The van der Waals surface area contributed by atoms with E-state index < -0.39 is 0 Å². The predicted octanol–water partition coefficient (Wildman–Crippen LogP) is 4.85. The van der Waals surface area contributed by atoms with Gasteiger partial charge in [0.2, 0.25) is 0 Å². The van der Waals surface area contributed by atoms with Crippen LogP contribution >= 0.6 is 0 Å². The van der Waals surface area contributed by atoms with E-state index in [1.54, 1.807) is 13.2 Å². The van der Waals surface area contributed by atoms with Gasteiger partial charge in [-0.3, -0.25) is 4.79 Å². The first kappa shape index (κ1) is 16.6. The molecule has 2 N–H and O–H groups in total. The number of hydrogen-bond acceptors (Lipinski definition) is 3. The van der Waals surface area contributed by atoms with Crippen LogP contribution in [0.2, 0.25) is 0 Å². The number of ether oxygens (including phenoxy) is 1. The summed E-state index contributed by atoms with van der Waals surface area (Å²) in [4.78, 5) is 23.8. The summed E-state index contributed by atoms with van der Waals surface area (Å²) in [6.45, 7) is 4.14. The highest BCUT2D eigenvalue weighted by Gasteiger charge is 2.16. The lowest BCUT2D eigenvalue weighted by molar-refractivity contribution is 0.415. The summed E-state index contributed by atoms with van der Waals surface area (Å²) in [7, 11) is 1.67. The van der Waals surface area contributed by atoms with Crippen molar-refractivity contribution in [2.75, 3.05) is 7.11 Å². The molecular formula is C23H19N3O2. The Bertz CT molecular complexity index is 1440. The lowest BCUT2D eigenvalue weighted by Crippen LogP contribution is -2.10. The molecule has 2 heterocycles. The van der Waals surface area contributed by atoms with Crippen molar-refractivity contribution in [2.24, 2.45) is 0 Å². The minimum Gasteiger partial charge on any atom is -0.497 e. The summed E-state index contributed by atoms with van der Waals surface area (Å²) < 4.78 is 5.42. The number of methoxy groups -OCH3 is 1. The Morgan fingerprint density at radius 2 is 1.79 bits per heavy atom. The first-order valence-corrected chi connectivity index (χ1v) is 9.16. The van der Waals surface area contributed by atoms with Crippen LogP contribution in [0.4, 0.5) is 0 Å². The van der Waals surface area contributed by atoms with E-state index in [-0.39, 0.29) is 5.56 Å². The molecule has 0 aliphatic rings. The van der Waals surface area contributed by atoms with Gasteiger partial charge >= 0.3 is 0 Å². The fraction of sp³-hybridized carbons (Fsp3) is 0.130. The Morgan fingerprint density at radius 3 is 2.61 bits per heavy atom. The van der Waals surface area contributed by atoms with E-state index >= 15 is 0 Å². The van der Waals surface area contributed by atoms with E-state index in [1.165, 1.54) is 0 Å². The van der Waals surface area contributed by atoms with E-state index in [1.807, 2.05) is 36.4 Å². The average Bonchev–Trinajstić information content (AvgIpc) is 3.10. The van der Waals surface area contributed by atoms with E-state index in [0.29, 0.717) is 16.7 Å². The maximum Gasteiger partial charge on any atom is 0.259 e. The molecule has 0 saturated carbocycles. The van der Waals surface area contributed by atoms with Crippen molar-refractivity contribution in [2.45, 2.75) is 13.8 Å². The van der Waals surface area contributed by atoms with Crippen LogP contribution in [0.3, 0.4) is 0 Å². The van der Waals surface area contributed by atoms with Crippen LogP contribution in [0.5, 0.6) is 5.75 Å². The molecule has 5 rings (SSSR count). The van der Waals surface area contributed by atoms with Gasteiger partial charge < -0.3 is 14.7 Å². The zero-order chi connectivity index (χ0) is 19.4. The molecule has 0 atom stereocenters. The molecule has 0 amide bonds. The van der Waals surface area contributed by atoms with Crippen LogP contribution in [0, 0.1) is 13.8 Å². The van der Waals surface area contributed by atoms with Crippen molar-refractivity contribution in [3.05, 3.63) is 70.0 Å². The number of fused-ring (bicyclic) bond motifs is 4. The fourth-order valence-electron chi connectivity index (χ4n) is 3.97. The quantitative estimate of drug-likeness (QED) is 0.467. The number of rotatable bonds is 2. The second-order valence-electron chi connectivity index (χ2n) is 7.08. The van der Waals surface area contributed by atoms with Gasteiger partial charge in [-0.15, -0.1) is 0 Å². The van der Waals surface area contributed by atoms with Crippen molar-refractivity contribution in [3.8, 4) is 17.1 Å². The highest BCUT2D eigenvalue weighted by Crippen LogP contribution is 2.36. The number of aromatic amines is 2. The average molecular weight is 369 g/mol. The summed E-state index contributed by atoms with van der Waals surface area (Å²) in [6.07, 6.45) is 0. The van der Waals surface area contributed by atoms with Gasteiger partial charge in [0.1, 0.15) is 11.6 Å². The summed E-state index contributed by atoms with van der Waals surface area (Å²) in [6, 6.07) is 15.5. The number of aryl methyl sites for hydroxylation is 2. The predicted molar refractivity (Wildman–Crippen MR) is 113 cm³/mol. The molecule has 0 saturated heterocycles. The first-order valence-electron chi connectivity index (χ1n) is 9.16. The van der Waals surface area contributed by atoms with Gasteiger partial charge in [0.15, 0.2) is 0 Å². The van der Waals surface area contributed by atoms with Crippen LogP contribution < -0.4 is 10.3 Å². The standard InChI is InChI=1S/C23H19N3O2/c1-12-10-16(22-25-18-7-5-4-6-15(18)23(27)26-22)13(2)20-17-11-14(28-3)8-9-19(17)24-21(12)20/h4-11,24H,1-3H3,(H,25,26,27). The summed E-state index contributed by atoms with van der Waals surface area (Å²) in [5.41, 5.74) is 5.81. The third-order valence-corrected chi connectivity index (χ3v) is 5.41. The number of hydrogen-bond donors (Lipinski definition) is 2. The molecule has 0 bridgehead atoms. The third-order valence-electron chi connectivity index (χ3n) is 5.41. The van der Waals surface area contributed by atoms with Gasteiger partial charge in [0.05, 0.1) is 18.0 Å². The molecule has 5 aromatic rings. The minimum absolute atomic E-state index is 0.127. The fourth-order valence-corrected chi connectivity index (χ4v) is 3.97. The van der Waals surface area contributed by atoms with Crippen molar-refractivity contribution in [1.29, 1.82) is 0 Å². The Kier molecular flexibility index (Phi) is 3.52. The number of nitrogens with one attached hydrogen (secondary N) is 2. The zero-order valence-corrected chi connectivity index (χ0v) is 15.9. The second kappa shape index (κ2) is 5.96. The maximum absolute atomic E-state index is 12.6. The molecule has 0 spiro atoms. The molecule has 5 heteroatoms. The molecule has 5 nitrogen and oxygen atoms in total. The number of nitrogens with zero attached hydrogens (tertiary/aromatic N) is 1. The molecular weight excluding hydrogens is 350 g/mol. The third kappa shape index (κ3) is 2.33. The van der Waals surface area contributed by atoms with E-state index in [4.69, 9.17) is 9.72 Å². The normalized spacial score (nSPS) is 11.5. The lowest BCUT2D eigenvalue weighted by Gasteiger charge is -2.10. The largest absolute Gasteiger partial charge is 0.497 e. The van der Waals surface area contributed by atoms with Crippen molar-refractivity contribution in [3.63, 3.8) is 0 Å². The molecule has 0 aliphatic heterocycles. The monoisotopic (exact) mass is 369 g/mol.